The summed E-state index contributed by atoms with van der Waals surface area (Å²) in [5.41, 5.74) is 4.12. The van der Waals surface area contributed by atoms with E-state index in [4.69, 9.17) is 0 Å². The summed E-state index contributed by atoms with van der Waals surface area (Å²) >= 11 is 1.75. The number of aromatic nitrogens is 2. The first-order chi connectivity index (χ1) is 13.3. The highest BCUT2D eigenvalue weighted by Crippen LogP contribution is 2.20. The van der Waals surface area contributed by atoms with E-state index in [1.807, 2.05) is 48.5 Å². The molecule has 0 aliphatic heterocycles. The summed E-state index contributed by atoms with van der Waals surface area (Å²) in [6.07, 6.45) is 2.42. The van der Waals surface area contributed by atoms with Gasteiger partial charge in [-0.3, -0.25) is 4.79 Å². The number of thiophene rings is 1. The van der Waals surface area contributed by atoms with E-state index >= 15 is 0 Å². The van der Waals surface area contributed by atoms with Crippen molar-refractivity contribution in [2.45, 2.75) is 25.8 Å². The van der Waals surface area contributed by atoms with Gasteiger partial charge in [0.2, 0.25) is 5.91 Å². The van der Waals surface area contributed by atoms with Crippen LogP contribution in [0.1, 0.15) is 23.3 Å². The highest BCUT2D eigenvalue weighted by atomic mass is 32.1. The highest BCUT2D eigenvalue weighted by molar-refractivity contribution is 7.09. The van der Waals surface area contributed by atoms with E-state index in [1.54, 1.807) is 11.3 Å². The minimum Gasteiger partial charge on any atom is -0.352 e. The third-order valence-electron chi connectivity index (χ3n) is 4.51. The van der Waals surface area contributed by atoms with Crippen molar-refractivity contribution in [3.8, 4) is 11.4 Å². The molecule has 0 saturated heterocycles. The van der Waals surface area contributed by atoms with E-state index in [2.05, 4.69) is 32.8 Å². The van der Waals surface area contributed by atoms with Gasteiger partial charge < -0.3 is 10.3 Å². The fourth-order valence-corrected chi connectivity index (χ4v) is 3.79. The SMILES string of the molecule is O=C(CCCc1cccs1)NCc1ccc(-c2nc3ccccc3[nH]2)cc1. The van der Waals surface area contributed by atoms with Crippen LogP contribution in [0.15, 0.2) is 66.0 Å². The molecule has 136 valence electrons. The number of hydrogen-bond donors (Lipinski definition) is 2. The van der Waals surface area contributed by atoms with Gasteiger partial charge in [0.15, 0.2) is 0 Å². The fraction of sp³-hybridized carbons (Fsp3) is 0.182. The third kappa shape index (κ3) is 4.44. The standard InChI is InChI=1S/C22H21N3OS/c26-21(9-3-5-18-6-4-14-27-18)23-15-16-10-12-17(13-11-16)22-24-19-7-1-2-8-20(19)25-22/h1-2,4,6-8,10-14H,3,5,9,15H2,(H,23,26)(H,24,25). The van der Waals surface area contributed by atoms with E-state index in [9.17, 15) is 4.79 Å². The molecule has 0 bridgehead atoms. The number of hydrogen-bond acceptors (Lipinski definition) is 3. The number of carbonyl (C=O) groups excluding carboxylic acids is 1. The van der Waals surface area contributed by atoms with Gasteiger partial charge in [0.25, 0.3) is 0 Å². The van der Waals surface area contributed by atoms with Gasteiger partial charge in [-0.15, -0.1) is 11.3 Å². The number of amides is 1. The maximum Gasteiger partial charge on any atom is 0.220 e. The van der Waals surface area contributed by atoms with Crippen LogP contribution in [0.25, 0.3) is 22.4 Å². The first kappa shape index (κ1) is 17.5. The molecule has 4 rings (SSSR count). The van der Waals surface area contributed by atoms with Crippen LogP contribution in [0, 0.1) is 0 Å². The molecule has 2 heterocycles. The lowest BCUT2D eigenvalue weighted by atomic mass is 10.1. The van der Waals surface area contributed by atoms with Crippen LogP contribution < -0.4 is 5.32 Å². The Morgan fingerprint density at radius 3 is 2.67 bits per heavy atom. The van der Waals surface area contributed by atoms with E-state index in [1.165, 1.54) is 4.88 Å². The zero-order valence-corrected chi connectivity index (χ0v) is 15.8. The lowest BCUT2D eigenvalue weighted by molar-refractivity contribution is -0.121. The minimum atomic E-state index is 0.105. The zero-order valence-electron chi connectivity index (χ0n) is 14.9. The third-order valence-corrected chi connectivity index (χ3v) is 5.45. The number of aryl methyl sites for hydroxylation is 1. The summed E-state index contributed by atoms with van der Waals surface area (Å²) in [6, 6.07) is 20.3. The number of benzene rings is 2. The first-order valence-electron chi connectivity index (χ1n) is 9.11. The number of nitrogens with one attached hydrogen (secondary N) is 2. The number of fused-ring (bicyclic) bond motifs is 1. The molecule has 2 aromatic carbocycles. The lowest BCUT2D eigenvalue weighted by Crippen LogP contribution is -2.22. The van der Waals surface area contributed by atoms with E-state index in [0.29, 0.717) is 13.0 Å². The molecule has 4 nitrogen and oxygen atoms in total. The van der Waals surface area contributed by atoms with Gasteiger partial charge in [-0.25, -0.2) is 4.98 Å². The highest BCUT2D eigenvalue weighted by Gasteiger charge is 2.06. The molecule has 5 heteroatoms. The average Bonchev–Trinajstić information content (AvgIpc) is 3.36. The van der Waals surface area contributed by atoms with Crippen LogP contribution in [0.4, 0.5) is 0 Å². The Morgan fingerprint density at radius 1 is 1.04 bits per heavy atom. The van der Waals surface area contributed by atoms with Crippen molar-refractivity contribution in [1.82, 2.24) is 15.3 Å². The van der Waals surface area contributed by atoms with Gasteiger partial charge >= 0.3 is 0 Å². The van der Waals surface area contributed by atoms with Crippen LogP contribution in [-0.4, -0.2) is 15.9 Å². The number of para-hydroxylation sites is 2. The quantitative estimate of drug-likeness (QED) is 0.481. The predicted molar refractivity (Wildman–Crippen MR) is 111 cm³/mol. The van der Waals surface area contributed by atoms with Crippen LogP contribution in [0.2, 0.25) is 0 Å². The monoisotopic (exact) mass is 375 g/mol. The van der Waals surface area contributed by atoms with Gasteiger partial charge in [0.1, 0.15) is 5.82 Å². The van der Waals surface area contributed by atoms with Gasteiger partial charge in [-0.2, -0.15) is 0 Å². The maximum absolute atomic E-state index is 12.0. The summed E-state index contributed by atoms with van der Waals surface area (Å²) in [5.74, 6) is 0.966. The van der Waals surface area contributed by atoms with Crippen LogP contribution in [0.5, 0.6) is 0 Å². The lowest BCUT2D eigenvalue weighted by Gasteiger charge is -2.06. The molecular formula is C22H21N3OS. The maximum atomic E-state index is 12.0. The molecular weight excluding hydrogens is 354 g/mol. The van der Waals surface area contributed by atoms with Gasteiger partial charge in [-0.1, -0.05) is 42.5 Å². The predicted octanol–water partition coefficient (Wildman–Crippen LogP) is 4.93. The van der Waals surface area contributed by atoms with Crippen molar-refractivity contribution >= 4 is 28.3 Å². The smallest absolute Gasteiger partial charge is 0.220 e. The average molecular weight is 375 g/mol. The van der Waals surface area contributed by atoms with E-state index < -0.39 is 0 Å². The van der Waals surface area contributed by atoms with Crippen molar-refractivity contribution in [2.24, 2.45) is 0 Å². The fourth-order valence-electron chi connectivity index (χ4n) is 3.04. The second-order valence-electron chi connectivity index (χ2n) is 6.51. The van der Waals surface area contributed by atoms with Crippen molar-refractivity contribution in [2.75, 3.05) is 0 Å². The number of nitrogens with zero attached hydrogens (tertiary/aromatic N) is 1. The topological polar surface area (TPSA) is 57.8 Å². The Kier molecular flexibility index (Phi) is 5.30. The zero-order chi connectivity index (χ0) is 18.5. The summed E-state index contributed by atoms with van der Waals surface area (Å²) in [4.78, 5) is 21.3. The molecule has 0 fully saturated rings. The van der Waals surface area contributed by atoms with Crippen molar-refractivity contribution in [3.05, 3.63) is 76.5 Å². The van der Waals surface area contributed by atoms with Crippen LogP contribution in [0.3, 0.4) is 0 Å². The Labute approximate surface area is 162 Å². The summed E-state index contributed by atoms with van der Waals surface area (Å²) in [6.45, 7) is 0.554. The Hall–Kier alpha value is -2.92. The van der Waals surface area contributed by atoms with Crippen molar-refractivity contribution in [1.29, 1.82) is 0 Å². The van der Waals surface area contributed by atoms with E-state index in [0.717, 1.165) is 40.8 Å². The Balaban J connectivity index is 1.29. The molecule has 0 spiro atoms. The van der Waals surface area contributed by atoms with Crippen LogP contribution >= 0.6 is 11.3 Å². The molecule has 2 N–H and O–H groups in total. The Bertz CT molecular complexity index is 986. The van der Waals surface area contributed by atoms with Gasteiger partial charge in [0, 0.05) is 23.4 Å². The molecule has 2 aromatic heterocycles. The molecule has 0 aliphatic carbocycles. The van der Waals surface area contributed by atoms with Gasteiger partial charge in [-0.05, 0) is 42.0 Å². The molecule has 0 aliphatic rings. The largest absolute Gasteiger partial charge is 0.352 e. The van der Waals surface area contributed by atoms with Crippen molar-refractivity contribution in [3.63, 3.8) is 0 Å². The molecule has 4 aromatic rings. The van der Waals surface area contributed by atoms with Gasteiger partial charge in [0.05, 0.1) is 11.0 Å². The number of H-pyrrole nitrogens is 1. The minimum absolute atomic E-state index is 0.105. The summed E-state index contributed by atoms with van der Waals surface area (Å²) < 4.78 is 0. The van der Waals surface area contributed by atoms with Crippen molar-refractivity contribution < 1.29 is 4.79 Å². The summed E-state index contributed by atoms with van der Waals surface area (Å²) in [7, 11) is 0. The molecule has 0 atom stereocenters. The molecule has 1 amide bonds. The second-order valence-corrected chi connectivity index (χ2v) is 7.54. The second kappa shape index (κ2) is 8.18. The first-order valence-corrected chi connectivity index (χ1v) is 9.99. The normalized spacial score (nSPS) is 11.0. The van der Waals surface area contributed by atoms with E-state index in [-0.39, 0.29) is 5.91 Å². The number of rotatable bonds is 7. The number of carbonyl (C=O) groups is 1. The molecule has 0 saturated carbocycles. The Morgan fingerprint density at radius 2 is 1.89 bits per heavy atom. The number of imidazole rings is 1. The molecule has 27 heavy (non-hydrogen) atoms. The summed E-state index contributed by atoms with van der Waals surface area (Å²) in [5, 5.41) is 5.07. The molecule has 0 unspecified atom stereocenters. The number of aromatic amines is 1. The molecule has 0 radical (unpaired) electrons. The van der Waals surface area contributed by atoms with Crippen LogP contribution in [-0.2, 0) is 17.8 Å².